The van der Waals surface area contributed by atoms with E-state index < -0.39 is 17.7 Å². The third-order valence-electron chi connectivity index (χ3n) is 5.16. The molecule has 6 nitrogen and oxygen atoms in total. The lowest BCUT2D eigenvalue weighted by Gasteiger charge is -2.24. The van der Waals surface area contributed by atoms with E-state index in [4.69, 9.17) is 21.1 Å². The Balaban J connectivity index is 1.91. The van der Waals surface area contributed by atoms with Gasteiger partial charge in [-0.2, -0.15) is 0 Å². The number of thiophene rings is 1. The lowest BCUT2D eigenvalue weighted by molar-refractivity contribution is -0.132. The highest BCUT2D eigenvalue weighted by atomic mass is 35.5. The number of carbonyl (C=O) groups excluding carboxylic acids is 2. The number of nitrogens with zero attached hydrogens (tertiary/aromatic N) is 1. The largest absolute Gasteiger partial charge is 0.507 e. The summed E-state index contributed by atoms with van der Waals surface area (Å²) in [7, 11) is 0. The van der Waals surface area contributed by atoms with Gasteiger partial charge in [-0.25, -0.2) is 0 Å². The van der Waals surface area contributed by atoms with Gasteiger partial charge in [0.2, 0.25) is 0 Å². The molecule has 0 spiro atoms. The first kappa shape index (κ1) is 22.9. The van der Waals surface area contributed by atoms with Gasteiger partial charge in [0.25, 0.3) is 11.7 Å². The van der Waals surface area contributed by atoms with Crippen molar-refractivity contribution in [1.29, 1.82) is 0 Å². The van der Waals surface area contributed by atoms with E-state index in [1.807, 2.05) is 31.4 Å². The standard InChI is InChI=1S/C25H22ClNO5S/c1-3-31-17-10-11-18(19(14-17)32-4-2)23(28)21-22(20-9-6-12-33-20)27(25(30)24(21)29)16-8-5-7-15(26)13-16/h5-14,22,28H,3-4H2,1-2H3/b23-21-. The van der Waals surface area contributed by atoms with Gasteiger partial charge in [-0.1, -0.05) is 23.7 Å². The monoisotopic (exact) mass is 483 g/mol. The molecule has 4 rings (SSSR count). The van der Waals surface area contributed by atoms with Gasteiger partial charge in [0.05, 0.1) is 24.4 Å². The van der Waals surface area contributed by atoms with Crippen molar-refractivity contribution in [3.8, 4) is 11.5 Å². The van der Waals surface area contributed by atoms with Gasteiger partial charge >= 0.3 is 0 Å². The summed E-state index contributed by atoms with van der Waals surface area (Å²) >= 11 is 7.55. The first-order chi connectivity index (χ1) is 16.0. The third kappa shape index (κ3) is 4.34. The number of aliphatic hydroxyl groups excluding tert-OH is 1. The van der Waals surface area contributed by atoms with Gasteiger partial charge < -0.3 is 14.6 Å². The number of hydrogen-bond donors (Lipinski definition) is 1. The molecule has 33 heavy (non-hydrogen) atoms. The maximum atomic E-state index is 13.2. The van der Waals surface area contributed by atoms with Crippen molar-refractivity contribution in [1.82, 2.24) is 0 Å². The van der Waals surface area contributed by atoms with E-state index in [0.717, 1.165) is 4.88 Å². The summed E-state index contributed by atoms with van der Waals surface area (Å²) in [5, 5.41) is 13.7. The topological polar surface area (TPSA) is 76.1 Å². The zero-order chi connectivity index (χ0) is 23.5. The third-order valence-corrected chi connectivity index (χ3v) is 6.32. The minimum absolute atomic E-state index is 0.00691. The molecule has 1 aromatic heterocycles. The Kier molecular flexibility index (Phi) is 6.72. The summed E-state index contributed by atoms with van der Waals surface area (Å²) in [5.41, 5.74) is 0.775. The molecular formula is C25H22ClNO5S. The van der Waals surface area contributed by atoms with E-state index in [9.17, 15) is 14.7 Å². The average molecular weight is 484 g/mol. The molecule has 0 bridgehead atoms. The predicted octanol–water partition coefficient (Wildman–Crippen LogP) is 5.83. The number of aliphatic hydroxyl groups is 1. The molecule has 1 saturated heterocycles. The Bertz CT molecular complexity index is 1220. The molecule has 170 valence electrons. The normalized spacial score (nSPS) is 17.4. The first-order valence-electron chi connectivity index (χ1n) is 10.5. The second kappa shape index (κ2) is 9.68. The van der Waals surface area contributed by atoms with Crippen molar-refractivity contribution in [2.45, 2.75) is 19.9 Å². The van der Waals surface area contributed by atoms with Gasteiger partial charge in [0, 0.05) is 21.7 Å². The fraction of sp³-hybridized carbons (Fsp3) is 0.200. The van der Waals surface area contributed by atoms with Crippen LogP contribution in [-0.4, -0.2) is 30.0 Å². The van der Waals surface area contributed by atoms with Gasteiger partial charge in [0.1, 0.15) is 23.3 Å². The predicted molar refractivity (Wildman–Crippen MR) is 129 cm³/mol. The van der Waals surface area contributed by atoms with Crippen molar-refractivity contribution in [2.75, 3.05) is 18.1 Å². The number of halogens is 1. The number of carbonyl (C=O) groups is 2. The summed E-state index contributed by atoms with van der Waals surface area (Å²) in [5.74, 6) is -0.877. The number of hydrogen-bond acceptors (Lipinski definition) is 6. The van der Waals surface area contributed by atoms with E-state index >= 15 is 0 Å². The molecule has 3 aromatic rings. The van der Waals surface area contributed by atoms with Crippen LogP contribution >= 0.6 is 22.9 Å². The first-order valence-corrected chi connectivity index (χ1v) is 11.7. The van der Waals surface area contributed by atoms with Crippen LogP contribution in [0.25, 0.3) is 5.76 Å². The van der Waals surface area contributed by atoms with Crippen molar-refractivity contribution in [3.63, 3.8) is 0 Å². The number of Topliss-reactive ketones (excluding diaryl/α,β-unsaturated/α-hetero) is 1. The van der Waals surface area contributed by atoms with Crippen LogP contribution in [0.5, 0.6) is 11.5 Å². The minimum Gasteiger partial charge on any atom is -0.507 e. The van der Waals surface area contributed by atoms with Crippen LogP contribution < -0.4 is 14.4 Å². The zero-order valence-electron chi connectivity index (χ0n) is 18.1. The number of rotatable bonds is 7. The molecule has 2 heterocycles. The Morgan fingerprint density at radius 2 is 1.85 bits per heavy atom. The summed E-state index contributed by atoms with van der Waals surface area (Å²) in [6.07, 6.45) is 0. The Hall–Kier alpha value is -3.29. The van der Waals surface area contributed by atoms with Crippen molar-refractivity contribution in [3.05, 3.63) is 81.0 Å². The van der Waals surface area contributed by atoms with Crippen LogP contribution in [0.2, 0.25) is 5.02 Å². The lowest BCUT2D eigenvalue weighted by atomic mass is 9.99. The molecule has 0 saturated carbocycles. The molecule has 0 aliphatic carbocycles. The SMILES string of the molecule is CCOc1ccc(/C(O)=C2/C(=O)C(=O)N(c3cccc(Cl)c3)C2c2cccs2)c(OCC)c1. The number of anilines is 1. The molecule has 1 aliphatic heterocycles. The molecule has 1 N–H and O–H groups in total. The fourth-order valence-corrected chi connectivity index (χ4v) is 4.82. The molecule has 1 atom stereocenters. The highest BCUT2D eigenvalue weighted by Crippen LogP contribution is 2.45. The van der Waals surface area contributed by atoms with Crippen LogP contribution in [0.4, 0.5) is 5.69 Å². The molecular weight excluding hydrogens is 462 g/mol. The summed E-state index contributed by atoms with van der Waals surface area (Å²) in [6, 6.07) is 14.6. The van der Waals surface area contributed by atoms with Gasteiger partial charge in [0.15, 0.2) is 0 Å². The maximum absolute atomic E-state index is 13.2. The molecule has 2 aromatic carbocycles. The molecule has 1 amide bonds. The van der Waals surface area contributed by atoms with Gasteiger partial charge in [-0.15, -0.1) is 11.3 Å². The Morgan fingerprint density at radius 1 is 1.06 bits per heavy atom. The van der Waals surface area contributed by atoms with E-state index in [0.29, 0.717) is 41.0 Å². The highest BCUT2D eigenvalue weighted by molar-refractivity contribution is 7.10. The van der Waals surface area contributed by atoms with Crippen molar-refractivity contribution in [2.24, 2.45) is 0 Å². The number of ketones is 1. The summed E-state index contributed by atoms with van der Waals surface area (Å²) in [4.78, 5) is 28.5. The van der Waals surface area contributed by atoms with Gasteiger partial charge in [-0.05, 0) is 55.6 Å². The fourth-order valence-electron chi connectivity index (χ4n) is 3.82. The van der Waals surface area contributed by atoms with Crippen LogP contribution in [0.3, 0.4) is 0 Å². The zero-order valence-corrected chi connectivity index (χ0v) is 19.7. The average Bonchev–Trinajstić information content (AvgIpc) is 3.41. The van der Waals surface area contributed by atoms with Crippen LogP contribution in [0.15, 0.2) is 65.6 Å². The smallest absolute Gasteiger partial charge is 0.300 e. The van der Waals surface area contributed by atoms with Crippen LogP contribution in [-0.2, 0) is 9.59 Å². The molecule has 8 heteroatoms. The second-order valence-corrected chi connectivity index (χ2v) is 8.60. The number of amides is 1. The van der Waals surface area contributed by atoms with Gasteiger partial charge in [-0.3, -0.25) is 14.5 Å². The molecule has 0 radical (unpaired) electrons. The van der Waals surface area contributed by atoms with E-state index in [2.05, 4.69) is 0 Å². The highest BCUT2D eigenvalue weighted by Gasteiger charge is 2.47. The maximum Gasteiger partial charge on any atom is 0.300 e. The Morgan fingerprint density at radius 3 is 2.52 bits per heavy atom. The quantitative estimate of drug-likeness (QED) is 0.260. The van der Waals surface area contributed by atoms with Crippen molar-refractivity contribution < 1.29 is 24.2 Å². The lowest BCUT2D eigenvalue weighted by Crippen LogP contribution is -2.29. The van der Waals surface area contributed by atoms with Crippen LogP contribution in [0.1, 0.15) is 30.3 Å². The van der Waals surface area contributed by atoms with E-state index in [-0.39, 0.29) is 11.3 Å². The molecule has 1 unspecified atom stereocenters. The van der Waals surface area contributed by atoms with E-state index in [1.54, 1.807) is 42.5 Å². The Labute approximate surface area is 200 Å². The number of benzene rings is 2. The molecule has 1 fully saturated rings. The van der Waals surface area contributed by atoms with Crippen LogP contribution in [0, 0.1) is 0 Å². The summed E-state index contributed by atoms with van der Waals surface area (Å²) in [6.45, 7) is 4.51. The minimum atomic E-state index is -0.801. The second-order valence-electron chi connectivity index (χ2n) is 7.19. The number of ether oxygens (including phenoxy) is 2. The van der Waals surface area contributed by atoms with E-state index in [1.165, 1.54) is 16.2 Å². The summed E-state index contributed by atoms with van der Waals surface area (Å²) < 4.78 is 11.3. The van der Waals surface area contributed by atoms with Crippen molar-refractivity contribution >= 4 is 46.1 Å². The molecule has 1 aliphatic rings.